The minimum absolute atomic E-state index is 0.0246. The highest BCUT2D eigenvalue weighted by molar-refractivity contribution is 5.83. The van der Waals surface area contributed by atoms with Crippen LogP contribution in [0.15, 0.2) is 66.7 Å². The normalized spacial score (nSPS) is 16.1. The van der Waals surface area contributed by atoms with Crippen molar-refractivity contribution in [1.29, 1.82) is 0 Å². The third-order valence-corrected chi connectivity index (χ3v) is 6.46. The average Bonchev–Trinajstić information content (AvgIpc) is 3.64. The van der Waals surface area contributed by atoms with Crippen molar-refractivity contribution in [1.82, 2.24) is 5.32 Å². The van der Waals surface area contributed by atoms with Crippen LogP contribution in [0.3, 0.4) is 0 Å². The molecule has 0 spiro atoms. The molecule has 176 valence electrons. The van der Waals surface area contributed by atoms with Gasteiger partial charge in [-0.05, 0) is 66.5 Å². The Bertz CT molecular complexity index is 1040. The van der Waals surface area contributed by atoms with Gasteiger partial charge in [0, 0.05) is 19.2 Å². The molecule has 0 heterocycles. The fourth-order valence-electron chi connectivity index (χ4n) is 4.57. The van der Waals surface area contributed by atoms with Crippen LogP contribution < -0.4 is 5.32 Å². The molecule has 3 aromatic carbocycles. The Morgan fingerprint density at radius 1 is 1.00 bits per heavy atom. The number of aliphatic hydroxyl groups excluding tert-OH is 1. The fraction of sp³-hybridized carbons (Fsp3) is 0.448. The van der Waals surface area contributed by atoms with E-state index in [1.165, 1.54) is 40.3 Å². The van der Waals surface area contributed by atoms with E-state index in [0.29, 0.717) is 25.7 Å². The maximum atomic E-state index is 10.7. The molecule has 3 aromatic rings. The van der Waals surface area contributed by atoms with Crippen molar-refractivity contribution in [2.24, 2.45) is 5.92 Å². The summed E-state index contributed by atoms with van der Waals surface area (Å²) in [7, 11) is 1.72. The number of nitrogens with one attached hydrogen (secondary N) is 1. The summed E-state index contributed by atoms with van der Waals surface area (Å²) in [6, 6.07) is 23.4. The summed E-state index contributed by atoms with van der Waals surface area (Å²) in [6.45, 7) is 5.77. The van der Waals surface area contributed by atoms with Crippen molar-refractivity contribution >= 4 is 10.8 Å². The second kappa shape index (κ2) is 10.8. The van der Waals surface area contributed by atoms with E-state index in [9.17, 15) is 5.11 Å². The van der Waals surface area contributed by atoms with Crippen LogP contribution >= 0.6 is 0 Å². The van der Waals surface area contributed by atoms with Gasteiger partial charge in [0.15, 0.2) is 0 Å². The van der Waals surface area contributed by atoms with Crippen molar-refractivity contribution in [3.05, 3.63) is 83.4 Å². The Labute approximate surface area is 197 Å². The molecule has 0 aromatic heterocycles. The SMILES string of the molecule is COCc1ccccc1[C@H](OC[C@H](O)CNC(C)(C)Cc1ccc2ccccc2c1)C1CC1. The third-order valence-electron chi connectivity index (χ3n) is 6.46. The highest BCUT2D eigenvalue weighted by Crippen LogP contribution is 2.44. The standard InChI is InChI=1S/C29H37NO3/c1-29(2,17-21-12-13-22-8-4-5-9-24(22)16-21)30-18-26(31)20-33-28(23-14-15-23)27-11-7-6-10-25(27)19-32-3/h4-13,16,23,26,28,30-31H,14-15,17-20H2,1-3H3/t26-,28-/m1/s1. The van der Waals surface area contributed by atoms with Crippen molar-refractivity contribution in [2.75, 3.05) is 20.3 Å². The van der Waals surface area contributed by atoms with E-state index in [4.69, 9.17) is 9.47 Å². The molecule has 1 saturated carbocycles. The Balaban J connectivity index is 1.31. The highest BCUT2D eigenvalue weighted by Gasteiger charge is 2.34. The van der Waals surface area contributed by atoms with Gasteiger partial charge in [-0.1, -0.05) is 66.7 Å². The number of methoxy groups -OCH3 is 1. The zero-order chi connectivity index (χ0) is 23.3. The van der Waals surface area contributed by atoms with Gasteiger partial charge in [-0.15, -0.1) is 0 Å². The summed E-state index contributed by atoms with van der Waals surface area (Å²) < 4.78 is 11.7. The summed E-state index contributed by atoms with van der Waals surface area (Å²) in [6.07, 6.45) is 2.71. The summed E-state index contributed by atoms with van der Waals surface area (Å²) in [5.74, 6) is 0.535. The van der Waals surface area contributed by atoms with Gasteiger partial charge in [-0.2, -0.15) is 0 Å². The molecular formula is C29H37NO3. The molecule has 33 heavy (non-hydrogen) atoms. The maximum Gasteiger partial charge on any atom is 0.0898 e. The number of fused-ring (bicyclic) bond motifs is 1. The molecule has 1 fully saturated rings. The maximum absolute atomic E-state index is 10.7. The summed E-state index contributed by atoms with van der Waals surface area (Å²) in [5.41, 5.74) is 3.52. The van der Waals surface area contributed by atoms with Crippen molar-refractivity contribution < 1.29 is 14.6 Å². The first kappa shape index (κ1) is 23.9. The first-order valence-electron chi connectivity index (χ1n) is 12.0. The van der Waals surface area contributed by atoms with Crippen LogP contribution in [-0.4, -0.2) is 37.0 Å². The van der Waals surface area contributed by atoms with Gasteiger partial charge in [-0.3, -0.25) is 0 Å². The Hall–Kier alpha value is -2.24. The van der Waals surface area contributed by atoms with Gasteiger partial charge in [0.25, 0.3) is 0 Å². The minimum Gasteiger partial charge on any atom is -0.389 e. The van der Waals surface area contributed by atoms with Gasteiger partial charge >= 0.3 is 0 Å². The van der Waals surface area contributed by atoms with Gasteiger partial charge in [0.05, 0.1) is 25.4 Å². The zero-order valence-corrected chi connectivity index (χ0v) is 20.1. The van der Waals surface area contributed by atoms with E-state index < -0.39 is 6.10 Å². The van der Waals surface area contributed by atoms with Gasteiger partial charge in [-0.25, -0.2) is 0 Å². The topological polar surface area (TPSA) is 50.7 Å². The Kier molecular flexibility index (Phi) is 7.82. The molecule has 4 heteroatoms. The van der Waals surface area contributed by atoms with Gasteiger partial charge in [0.1, 0.15) is 0 Å². The number of rotatable bonds is 12. The van der Waals surface area contributed by atoms with Crippen LogP contribution in [0.5, 0.6) is 0 Å². The largest absolute Gasteiger partial charge is 0.389 e. The van der Waals surface area contributed by atoms with Crippen LogP contribution in [0.25, 0.3) is 10.8 Å². The third kappa shape index (κ3) is 6.64. The van der Waals surface area contributed by atoms with Crippen LogP contribution in [0, 0.1) is 5.92 Å². The van der Waals surface area contributed by atoms with E-state index in [-0.39, 0.29) is 11.6 Å². The van der Waals surface area contributed by atoms with Crippen LogP contribution in [0.1, 0.15) is 49.5 Å². The smallest absolute Gasteiger partial charge is 0.0898 e. The molecule has 0 amide bonds. The highest BCUT2D eigenvalue weighted by atomic mass is 16.5. The molecule has 1 aliphatic carbocycles. The van der Waals surface area contributed by atoms with Crippen LogP contribution in [0.2, 0.25) is 0 Å². The van der Waals surface area contributed by atoms with Crippen LogP contribution in [0.4, 0.5) is 0 Å². The Morgan fingerprint density at radius 3 is 2.48 bits per heavy atom. The number of benzene rings is 3. The second-order valence-electron chi connectivity index (χ2n) is 10.0. The summed E-state index contributed by atoms with van der Waals surface area (Å²) in [5, 5.41) is 16.7. The van der Waals surface area contributed by atoms with E-state index >= 15 is 0 Å². The predicted molar refractivity (Wildman–Crippen MR) is 134 cm³/mol. The lowest BCUT2D eigenvalue weighted by Crippen LogP contribution is -2.46. The second-order valence-corrected chi connectivity index (χ2v) is 10.0. The molecule has 2 N–H and O–H groups in total. The number of ether oxygens (including phenoxy) is 2. The monoisotopic (exact) mass is 447 g/mol. The molecule has 0 bridgehead atoms. The lowest BCUT2D eigenvalue weighted by Gasteiger charge is -2.29. The quantitative estimate of drug-likeness (QED) is 0.389. The first-order valence-corrected chi connectivity index (χ1v) is 12.0. The lowest BCUT2D eigenvalue weighted by atomic mass is 9.93. The number of hydrogen-bond acceptors (Lipinski definition) is 4. The molecule has 2 atom stereocenters. The first-order chi connectivity index (χ1) is 15.9. The lowest BCUT2D eigenvalue weighted by molar-refractivity contribution is -0.0219. The number of aliphatic hydroxyl groups is 1. The molecule has 0 radical (unpaired) electrons. The van der Waals surface area contributed by atoms with Crippen molar-refractivity contribution in [3.8, 4) is 0 Å². The summed E-state index contributed by atoms with van der Waals surface area (Å²) >= 11 is 0. The van der Waals surface area contributed by atoms with E-state index in [2.05, 4.69) is 79.8 Å². The predicted octanol–water partition coefficient (Wildman–Crippen LogP) is 5.43. The fourth-order valence-corrected chi connectivity index (χ4v) is 4.57. The molecule has 0 unspecified atom stereocenters. The van der Waals surface area contributed by atoms with E-state index in [1.54, 1.807) is 7.11 Å². The molecule has 0 saturated heterocycles. The summed E-state index contributed by atoms with van der Waals surface area (Å²) in [4.78, 5) is 0. The number of β-amino-alcohol motifs (C(OH)–C–C–N with tert-alkyl or cyclic N) is 1. The van der Waals surface area contributed by atoms with Crippen molar-refractivity contribution in [2.45, 2.75) is 57.5 Å². The molecule has 4 rings (SSSR count). The average molecular weight is 448 g/mol. The van der Waals surface area contributed by atoms with Crippen molar-refractivity contribution in [3.63, 3.8) is 0 Å². The zero-order valence-electron chi connectivity index (χ0n) is 20.1. The molecule has 4 nitrogen and oxygen atoms in total. The molecule has 0 aliphatic heterocycles. The number of hydrogen-bond donors (Lipinski definition) is 2. The Morgan fingerprint density at radius 2 is 1.73 bits per heavy atom. The molecular weight excluding hydrogens is 410 g/mol. The van der Waals surface area contributed by atoms with E-state index in [0.717, 1.165) is 6.42 Å². The minimum atomic E-state index is -0.559. The van der Waals surface area contributed by atoms with E-state index in [1.807, 2.05) is 6.07 Å². The van der Waals surface area contributed by atoms with Gasteiger partial charge < -0.3 is 19.9 Å². The van der Waals surface area contributed by atoms with Gasteiger partial charge in [0.2, 0.25) is 0 Å². The van der Waals surface area contributed by atoms with Crippen LogP contribution in [-0.2, 0) is 22.5 Å². The molecule has 1 aliphatic rings.